The van der Waals surface area contributed by atoms with Crippen LogP contribution in [-0.4, -0.2) is 45.4 Å². The van der Waals surface area contributed by atoms with Crippen LogP contribution in [0.25, 0.3) is 0 Å². The number of aliphatic hydroxyl groups is 1. The molecule has 3 heterocycles. The molecule has 2 aliphatic rings. The van der Waals surface area contributed by atoms with Gasteiger partial charge >= 0.3 is 5.69 Å². The van der Waals surface area contributed by atoms with Crippen molar-refractivity contribution in [2.45, 2.75) is 44.2 Å². The second-order valence-corrected chi connectivity index (χ2v) is 5.35. The van der Waals surface area contributed by atoms with E-state index in [0.29, 0.717) is 0 Å². The zero-order valence-electron chi connectivity index (χ0n) is 11.2. The van der Waals surface area contributed by atoms with Crippen LogP contribution in [0.5, 0.6) is 0 Å². The SMILES string of the molecule is CC1(C)O[C@@H]2[C@H](O1)[C@@H](CO)O[C@H]2n1ccc(N)nc1=O. The maximum atomic E-state index is 11.9. The average Bonchev–Trinajstić information content (AvgIpc) is 2.83. The zero-order chi connectivity index (χ0) is 14.5. The minimum Gasteiger partial charge on any atom is -0.394 e. The van der Waals surface area contributed by atoms with Crippen LogP contribution >= 0.6 is 0 Å². The fourth-order valence-electron chi connectivity index (χ4n) is 2.65. The van der Waals surface area contributed by atoms with E-state index in [-0.39, 0.29) is 12.4 Å². The Hall–Kier alpha value is -1.48. The number of hydrogen-bond acceptors (Lipinski definition) is 7. The van der Waals surface area contributed by atoms with Gasteiger partial charge in [-0.3, -0.25) is 4.57 Å². The van der Waals surface area contributed by atoms with Crippen LogP contribution < -0.4 is 11.4 Å². The highest BCUT2D eigenvalue weighted by atomic mass is 16.8. The molecule has 0 unspecified atom stereocenters. The smallest absolute Gasteiger partial charge is 0.351 e. The highest BCUT2D eigenvalue weighted by Gasteiger charge is 2.55. The van der Waals surface area contributed by atoms with Gasteiger partial charge in [-0.15, -0.1) is 0 Å². The van der Waals surface area contributed by atoms with Crippen molar-refractivity contribution < 1.29 is 19.3 Å². The summed E-state index contributed by atoms with van der Waals surface area (Å²) in [6.07, 6.45) is -0.647. The van der Waals surface area contributed by atoms with Gasteiger partial charge in [0.15, 0.2) is 12.0 Å². The molecule has 8 heteroatoms. The predicted octanol–water partition coefficient (Wildman–Crippen LogP) is -0.765. The number of nitrogen functional groups attached to an aromatic ring is 1. The number of aliphatic hydroxyl groups excluding tert-OH is 1. The standard InChI is InChI=1S/C12H17N3O5/c1-12(2)19-8-6(5-16)18-10(9(8)20-12)15-4-3-7(13)14-11(15)17/h3-4,6,8-10,16H,5H2,1-2H3,(H2,13,14,17)/t6-,8-,9-,10-/m1/s1. The van der Waals surface area contributed by atoms with E-state index in [1.807, 2.05) is 0 Å². The van der Waals surface area contributed by atoms with E-state index in [4.69, 9.17) is 19.9 Å². The van der Waals surface area contributed by atoms with Gasteiger partial charge < -0.3 is 25.1 Å². The Bertz CT molecular complexity index is 572. The van der Waals surface area contributed by atoms with E-state index in [9.17, 15) is 9.90 Å². The monoisotopic (exact) mass is 283 g/mol. The molecule has 1 aromatic heterocycles. The molecule has 2 aliphatic heterocycles. The molecule has 20 heavy (non-hydrogen) atoms. The maximum absolute atomic E-state index is 11.9. The Morgan fingerprint density at radius 1 is 1.45 bits per heavy atom. The first-order valence-corrected chi connectivity index (χ1v) is 6.38. The van der Waals surface area contributed by atoms with Crippen molar-refractivity contribution in [3.8, 4) is 0 Å². The van der Waals surface area contributed by atoms with E-state index < -0.39 is 36.0 Å². The summed E-state index contributed by atoms with van der Waals surface area (Å²) in [7, 11) is 0. The van der Waals surface area contributed by atoms with Gasteiger partial charge in [0.05, 0.1) is 6.61 Å². The number of aromatic nitrogens is 2. The highest BCUT2D eigenvalue weighted by Crippen LogP contribution is 2.42. The molecule has 0 saturated carbocycles. The first-order chi connectivity index (χ1) is 9.41. The lowest BCUT2D eigenvalue weighted by Crippen LogP contribution is -2.35. The highest BCUT2D eigenvalue weighted by molar-refractivity contribution is 5.23. The fraction of sp³-hybridized carbons (Fsp3) is 0.667. The van der Waals surface area contributed by atoms with E-state index >= 15 is 0 Å². The number of nitrogens with two attached hydrogens (primary N) is 1. The Labute approximate surface area is 115 Å². The van der Waals surface area contributed by atoms with Crippen molar-refractivity contribution in [1.29, 1.82) is 0 Å². The molecule has 2 fully saturated rings. The number of nitrogens with zero attached hydrogens (tertiary/aromatic N) is 2. The molecule has 0 aliphatic carbocycles. The molecule has 110 valence electrons. The van der Waals surface area contributed by atoms with Gasteiger partial charge in [0, 0.05) is 6.20 Å². The van der Waals surface area contributed by atoms with Gasteiger partial charge in [-0.1, -0.05) is 0 Å². The van der Waals surface area contributed by atoms with Crippen molar-refractivity contribution >= 4 is 5.82 Å². The molecule has 3 N–H and O–H groups in total. The lowest BCUT2D eigenvalue weighted by atomic mass is 10.1. The Kier molecular flexibility index (Phi) is 3.05. The summed E-state index contributed by atoms with van der Waals surface area (Å²) in [5, 5.41) is 9.38. The topological polar surface area (TPSA) is 109 Å². The molecule has 0 aromatic carbocycles. The number of rotatable bonds is 2. The third-order valence-corrected chi connectivity index (χ3v) is 3.43. The molecule has 0 bridgehead atoms. The first-order valence-electron chi connectivity index (χ1n) is 6.38. The lowest BCUT2D eigenvalue weighted by molar-refractivity contribution is -0.200. The Morgan fingerprint density at radius 2 is 2.15 bits per heavy atom. The van der Waals surface area contributed by atoms with Crippen LogP contribution in [0.4, 0.5) is 5.82 Å². The lowest BCUT2D eigenvalue weighted by Gasteiger charge is -2.24. The summed E-state index contributed by atoms with van der Waals surface area (Å²) < 4.78 is 18.5. The quantitative estimate of drug-likeness (QED) is 0.734. The van der Waals surface area contributed by atoms with E-state index in [1.54, 1.807) is 13.8 Å². The molecule has 8 nitrogen and oxygen atoms in total. The predicted molar refractivity (Wildman–Crippen MR) is 67.7 cm³/mol. The van der Waals surface area contributed by atoms with Crippen LogP contribution in [0.3, 0.4) is 0 Å². The van der Waals surface area contributed by atoms with Crippen molar-refractivity contribution in [3.05, 3.63) is 22.7 Å². The summed E-state index contributed by atoms with van der Waals surface area (Å²) in [5.74, 6) is -0.640. The summed E-state index contributed by atoms with van der Waals surface area (Å²) in [6.45, 7) is 3.34. The summed E-state index contributed by atoms with van der Waals surface area (Å²) in [4.78, 5) is 15.6. The average molecular weight is 283 g/mol. The van der Waals surface area contributed by atoms with Crippen molar-refractivity contribution in [2.24, 2.45) is 0 Å². The minimum absolute atomic E-state index is 0.142. The third kappa shape index (κ3) is 2.10. The fourth-order valence-corrected chi connectivity index (χ4v) is 2.65. The molecule has 0 radical (unpaired) electrons. The van der Waals surface area contributed by atoms with Crippen LogP contribution in [-0.2, 0) is 14.2 Å². The second-order valence-electron chi connectivity index (χ2n) is 5.35. The molecule has 0 amide bonds. The van der Waals surface area contributed by atoms with Crippen LogP contribution in [0.2, 0.25) is 0 Å². The van der Waals surface area contributed by atoms with Gasteiger partial charge in [0.1, 0.15) is 24.1 Å². The largest absolute Gasteiger partial charge is 0.394 e. The summed E-state index contributed by atoms with van der Waals surface area (Å²) in [6, 6.07) is 1.51. The summed E-state index contributed by atoms with van der Waals surface area (Å²) >= 11 is 0. The van der Waals surface area contributed by atoms with Gasteiger partial charge in [0.2, 0.25) is 0 Å². The van der Waals surface area contributed by atoms with Gasteiger partial charge in [0.25, 0.3) is 0 Å². The molecular weight excluding hydrogens is 266 g/mol. The number of fused-ring (bicyclic) bond motifs is 1. The van der Waals surface area contributed by atoms with Crippen LogP contribution in [0.15, 0.2) is 17.1 Å². The summed E-state index contributed by atoms with van der Waals surface area (Å²) in [5.41, 5.74) is 4.94. The number of ether oxygens (including phenoxy) is 3. The normalized spacial score (nSPS) is 35.1. The van der Waals surface area contributed by atoms with E-state index in [1.165, 1.54) is 16.8 Å². The third-order valence-electron chi connectivity index (χ3n) is 3.43. The molecule has 4 atom stereocenters. The molecule has 2 saturated heterocycles. The number of anilines is 1. The minimum atomic E-state index is -0.782. The van der Waals surface area contributed by atoms with Gasteiger partial charge in [-0.05, 0) is 19.9 Å². The maximum Gasteiger partial charge on any atom is 0.351 e. The molecule has 3 rings (SSSR count). The van der Waals surface area contributed by atoms with Crippen LogP contribution in [0, 0.1) is 0 Å². The molecular formula is C12H17N3O5. The first kappa shape index (κ1) is 13.5. The van der Waals surface area contributed by atoms with E-state index in [0.717, 1.165) is 0 Å². The van der Waals surface area contributed by atoms with Crippen LogP contribution in [0.1, 0.15) is 20.1 Å². The van der Waals surface area contributed by atoms with Crippen molar-refractivity contribution in [2.75, 3.05) is 12.3 Å². The Balaban J connectivity index is 1.96. The molecule has 0 spiro atoms. The van der Waals surface area contributed by atoms with Gasteiger partial charge in [-0.25, -0.2) is 4.79 Å². The number of hydrogen-bond donors (Lipinski definition) is 2. The Morgan fingerprint density at radius 3 is 2.80 bits per heavy atom. The van der Waals surface area contributed by atoms with E-state index in [2.05, 4.69) is 4.98 Å². The second kappa shape index (κ2) is 4.52. The van der Waals surface area contributed by atoms with Crippen molar-refractivity contribution in [3.63, 3.8) is 0 Å². The zero-order valence-corrected chi connectivity index (χ0v) is 11.2. The van der Waals surface area contributed by atoms with Crippen molar-refractivity contribution in [1.82, 2.24) is 9.55 Å². The molecule has 1 aromatic rings. The van der Waals surface area contributed by atoms with Gasteiger partial charge in [-0.2, -0.15) is 4.98 Å².